The lowest BCUT2D eigenvalue weighted by Crippen LogP contribution is -2.33. The van der Waals surface area contributed by atoms with Crippen LogP contribution in [-0.2, 0) is 0 Å². The van der Waals surface area contributed by atoms with Crippen molar-refractivity contribution in [1.82, 2.24) is 4.90 Å². The van der Waals surface area contributed by atoms with E-state index in [2.05, 4.69) is 22.0 Å². The van der Waals surface area contributed by atoms with E-state index in [1.54, 1.807) is 12.1 Å². The largest absolute Gasteiger partial charge is 0.573 e. The van der Waals surface area contributed by atoms with Gasteiger partial charge in [-0.3, -0.25) is 0 Å². The predicted molar refractivity (Wildman–Crippen MR) is 71.8 cm³/mol. The standard InChI is InChI=1S/C14H19F3N2O/c1-19-8-6-11(7-9-19)10-18-12-4-2-3-5-13(12)20-14(15,16)17/h2-5,11,18H,6-10H2,1H3. The summed E-state index contributed by atoms with van der Waals surface area (Å²) in [5, 5.41) is 3.08. The summed E-state index contributed by atoms with van der Waals surface area (Å²) in [6, 6.07) is 6.16. The first-order valence-corrected chi connectivity index (χ1v) is 6.71. The molecule has 1 aromatic rings. The number of halogens is 3. The predicted octanol–water partition coefficient (Wildman–Crippen LogP) is 3.34. The maximum Gasteiger partial charge on any atom is 0.573 e. The van der Waals surface area contributed by atoms with Gasteiger partial charge in [-0.15, -0.1) is 13.2 Å². The summed E-state index contributed by atoms with van der Waals surface area (Å²) in [5.74, 6) is 0.318. The molecule has 1 fully saturated rings. The molecular formula is C14H19F3N2O. The normalized spacial score (nSPS) is 18.0. The Morgan fingerprint density at radius 3 is 2.55 bits per heavy atom. The Balaban J connectivity index is 1.92. The summed E-state index contributed by atoms with van der Waals surface area (Å²) < 4.78 is 40.9. The summed E-state index contributed by atoms with van der Waals surface area (Å²) in [7, 11) is 2.08. The molecule has 0 spiro atoms. The number of nitrogens with zero attached hydrogens (tertiary/aromatic N) is 1. The van der Waals surface area contributed by atoms with Crippen LogP contribution in [-0.4, -0.2) is 37.9 Å². The fourth-order valence-corrected chi connectivity index (χ4v) is 2.35. The van der Waals surface area contributed by atoms with Gasteiger partial charge in [0.15, 0.2) is 5.75 Å². The zero-order chi connectivity index (χ0) is 14.6. The van der Waals surface area contributed by atoms with Crippen molar-refractivity contribution in [2.24, 2.45) is 5.92 Å². The second-order valence-corrected chi connectivity index (χ2v) is 5.17. The van der Waals surface area contributed by atoms with Gasteiger partial charge in [0.05, 0.1) is 5.69 Å². The van der Waals surface area contributed by atoms with Crippen molar-refractivity contribution in [2.75, 3.05) is 32.0 Å². The molecular weight excluding hydrogens is 269 g/mol. The van der Waals surface area contributed by atoms with Gasteiger partial charge in [-0.25, -0.2) is 0 Å². The summed E-state index contributed by atoms with van der Waals surface area (Å²) in [4.78, 5) is 2.26. The van der Waals surface area contributed by atoms with E-state index >= 15 is 0 Å². The number of anilines is 1. The number of alkyl halides is 3. The van der Waals surface area contributed by atoms with Crippen molar-refractivity contribution in [3.63, 3.8) is 0 Å². The van der Waals surface area contributed by atoms with Crippen molar-refractivity contribution in [1.29, 1.82) is 0 Å². The van der Waals surface area contributed by atoms with Gasteiger partial charge in [0.25, 0.3) is 0 Å². The van der Waals surface area contributed by atoms with Gasteiger partial charge in [-0.2, -0.15) is 0 Å². The van der Waals surface area contributed by atoms with Crippen LogP contribution in [0, 0.1) is 5.92 Å². The lowest BCUT2D eigenvalue weighted by Gasteiger charge is -2.29. The minimum Gasteiger partial charge on any atom is -0.404 e. The van der Waals surface area contributed by atoms with Gasteiger partial charge >= 0.3 is 6.36 Å². The van der Waals surface area contributed by atoms with Crippen LogP contribution >= 0.6 is 0 Å². The molecule has 0 radical (unpaired) electrons. The second-order valence-electron chi connectivity index (χ2n) is 5.17. The van der Waals surface area contributed by atoms with Crippen LogP contribution in [0.4, 0.5) is 18.9 Å². The van der Waals surface area contributed by atoms with E-state index in [0.29, 0.717) is 18.2 Å². The van der Waals surface area contributed by atoms with E-state index in [4.69, 9.17) is 0 Å². The van der Waals surface area contributed by atoms with Crippen molar-refractivity contribution in [3.05, 3.63) is 24.3 Å². The fourth-order valence-electron chi connectivity index (χ4n) is 2.35. The number of rotatable bonds is 4. The number of ether oxygens (including phenoxy) is 1. The highest BCUT2D eigenvalue weighted by atomic mass is 19.4. The highest BCUT2D eigenvalue weighted by Gasteiger charge is 2.32. The van der Waals surface area contributed by atoms with Crippen molar-refractivity contribution < 1.29 is 17.9 Å². The quantitative estimate of drug-likeness (QED) is 0.919. The molecule has 1 saturated heterocycles. The molecule has 0 aromatic heterocycles. The van der Waals surface area contributed by atoms with Gasteiger partial charge in [0, 0.05) is 6.54 Å². The van der Waals surface area contributed by atoms with Gasteiger partial charge in [-0.05, 0) is 51.0 Å². The van der Waals surface area contributed by atoms with Crippen LogP contribution in [0.5, 0.6) is 5.75 Å². The highest BCUT2D eigenvalue weighted by Crippen LogP contribution is 2.30. The fraction of sp³-hybridized carbons (Fsp3) is 0.571. The van der Waals surface area contributed by atoms with Crippen molar-refractivity contribution in [3.8, 4) is 5.75 Å². The molecule has 6 heteroatoms. The van der Waals surface area contributed by atoms with Crippen molar-refractivity contribution >= 4 is 5.69 Å². The first kappa shape index (κ1) is 15.0. The minimum atomic E-state index is -4.66. The number of hydrogen-bond donors (Lipinski definition) is 1. The summed E-state index contributed by atoms with van der Waals surface area (Å²) >= 11 is 0. The molecule has 3 nitrogen and oxygen atoms in total. The third-order valence-corrected chi connectivity index (χ3v) is 3.53. The summed E-state index contributed by atoms with van der Waals surface area (Å²) in [6.07, 6.45) is -2.54. The third-order valence-electron chi connectivity index (χ3n) is 3.53. The molecule has 1 heterocycles. The summed E-state index contributed by atoms with van der Waals surface area (Å²) in [6.45, 7) is 2.74. The molecule has 0 unspecified atom stereocenters. The van der Waals surface area contributed by atoms with E-state index in [9.17, 15) is 13.2 Å². The number of likely N-dealkylation sites (tertiary alicyclic amines) is 1. The van der Waals surface area contributed by atoms with Crippen LogP contribution in [0.2, 0.25) is 0 Å². The molecule has 2 rings (SSSR count). The Morgan fingerprint density at radius 1 is 1.25 bits per heavy atom. The van der Waals surface area contributed by atoms with Crippen LogP contribution < -0.4 is 10.1 Å². The van der Waals surface area contributed by atoms with Crippen LogP contribution in [0.3, 0.4) is 0 Å². The number of piperidine rings is 1. The first-order chi connectivity index (χ1) is 9.44. The van der Waals surface area contributed by atoms with E-state index in [-0.39, 0.29) is 5.75 Å². The molecule has 1 aliphatic heterocycles. The monoisotopic (exact) mass is 288 g/mol. The first-order valence-electron chi connectivity index (χ1n) is 6.71. The van der Waals surface area contributed by atoms with E-state index in [1.165, 1.54) is 12.1 Å². The van der Waals surface area contributed by atoms with Gasteiger partial charge < -0.3 is 15.0 Å². The van der Waals surface area contributed by atoms with E-state index in [0.717, 1.165) is 25.9 Å². The molecule has 0 amide bonds. The zero-order valence-electron chi connectivity index (χ0n) is 11.4. The molecule has 0 atom stereocenters. The highest BCUT2D eigenvalue weighted by molar-refractivity contribution is 5.56. The maximum absolute atomic E-state index is 12.3. The molecule has 112 valence electrons. The van der Waals surface area contributed by atoms with Crippen LogP contribution in [0.25, 0.3) is 0 Å². The average molecular weight is 288 g/mol. The number of para-hydroxylation sites is 2. The molecule has 0 bridgehead atoms. The number of hydrogen-bond acceptors (Lipinski definition) is 3. The smallest absolute Gasteiger partial charge is 0.404 e. The van der Waals surface area contributed by atoms with E-state index < -0.39 is 6.36 Å². The Kier molecular flexibility index (Phi) is 4.75. The Labute approximate surface area is 116 Å². The Bertz CT molecular complexity index is 429. The topological polar surface area (TPSA) is 24.5 Å². The van der Waals surface area contributed by atoms with Gasteiger partial charge in [0.1, 0.15) is 0 Å². The summed E-state index contributed by atoms with van der Waals surface area (Å²) in [5.41, 5.74) is 0.392. The lowest BCUT2D eigenvalue weighted by atomic mass is 9.97. The maximum atomic E-state index is 12.3. The molecule has 1 aliphatic rings. The van der Waals surface area contributed by atoms with Crippen LogP contribution in [0.1, 0.15) is 12.8 Å². The van der Waals surface area contributed by atoms with E-state index in [1.807, 2.05) is 0 Å². The SMILES string of the molecule is CN1CCC(CNc2ccccc2OC(F)(F)F)CC1. The van der Waals surface area contributed by atoms with Crippen molar-refractivity contribution in [2.45, 2.75) is 19.2 Å². The Morgan fingerprint density at radius 2 is 1.90 bits per heavy atom. The Hall–Kier alpha value is -1.43. The van der Waals surface area contributed by atoms with Crippen LogP contribution in [0.15, 0.2) is 24.3 Å². The molecule has 1 N–H and O–H groups in total. The minimum absolute atomic E-state index is 0.173. The molecule has 20 heavy (non-hydrogen) atoms. The second kappa shape index (κ2) is 6.35. The van der Waals surface area contributed by atoms with Gasteiger partial charge in [0.2, 0.25) is 0 Å². The van der Waals surface area contributed by atoms with Gasteiger partial charge in [-0.1, -0.05) is 12.1 Å². The molecule has 1 aromatic carbocycles. The lowest BCUT2D eigenvalue weighted by molar-refractivity contribution is -0.274. The number of benzene rings is 1. The molecule has 0 saturated carbocycles. The third kappa shape index (κ3) is 4.59. The average Bonchev–Trinajstić information content (AvgIpc) is 2.38. The zero-order valence-corrected chi connectivity index (χ0v) is 11.4. The number of nitrogens with one attached hydrogen (secondary N) is 1. The molecule has 0 aliphatic carbocycles.